The highest BCUT2D eigenvalue weighted by Crippen LogP contribution is 2.28. The second-order valence-electron chi connectivity index (χ2n) is 7.77. The molecule has 0 unspecified atom stereocenters. The summed E-state index contributed by atoms with van der Waals surface area (Å²) < 4.78 is 7.54. The van der Waals surface area contributed by atoms with Crippen molar-refractivity contribution in [3.05, 3.63) is 29.8 Å². The van der Waals surface area contributed by atoms with Crippen LogP contribution in [0, 0.1) is 5.92 Å². The number of nitrogens with one attached hydrogen (secondary N) is 1. The van der Waals surface area contributed by atoms with Crippen molar-refractivity contribution >= 4 is 35.1 Å². The maximum Gasteiger partial charge on any atom is 0.237 e. The van der Waals surface area contributed by atoms with E-state index in [1.807, 2.05) is 6.92 Å². The third-order valence-electron chi connectivity index (χ3n) is 4.73. The number of benzene rings is 1. The third-order valence-corrected chi connectivity index (χ3v) is 5.81. The van der Waals surface area contributed by atoms with Crippen LogP contribution in [0.25, 0.3) is 0 Å². The van der Waals surface area contributed by atoms with Gasteiger partial charge in [-0.1, -0.05) is 37.7 Å². The predicted octanol–water partition coefficient (Wildman–Crippen LogP) is 3.09. The predicted molar refractivity (Wildman–Crippen MR) is 118 cm³/mol. The van der Waals surface area contributed by atoms with E-state index in [9.17, 15) is 9.59 Å². The molecule has 8 nitrogen and oxygen atoms in total. The molecular weight excluding hydrogens is 402 g/mol. The second-order valence-corrected chi connectivity index (χ2v) is 9.08. The molecule has 1 aliphatic heterocycles. The largest absolute Gasteiger partial charge is 0.378 e. The lowest BCUT2D eigenvalue weighted by atomic mass is 10.1. The Hall–Kier alpha value is -2.39. The number of ketones is 1. The van der Waals surface area contributed by atoms with Gasteiger partial charge in [0, 0.05) is 30.9 Å². The van der Waals surface area contributed by atoms with Gasteiger partial charge in [0.25, 0.3) is 0 Å². The van der Waals surface area contributed by atoms with Crippen LogP contribution in [0.4, 0.5) is 11.6 Å². The first-order valence-corrected chi connectivity index (χ1v) is 11.1. The summed E-state index contributed by atoms with van der Waals surface area (Å²) in [6.45, 7) is 11.3. The number of Topliss-reactive ketones (excluding diaryl/α,β-unsaturated/α-hetero) is 1. The van der Waals surface area contributed by atoms with Crippen LogP contribution in [-0.2, 0) is 16.1 Å². The van der Waals surface area contributed by atoms with Crippen LogP contribution >= 0.6 is 11.8 Å². The fourth-order valence-corrected chi connectivity index (χ4v) is 4.02. The Morgan fingerprint density at radius 2 is 1.93 bits per heavy atom. The Kier molecular flexibility index (Phi) is 7.49. The van der Waals surface area contributed by atoms with Crippen molar-refractivity contribution in [2.75, 3.05) is 36.5 Å². The molecule has 1 aromatic heterocycles. The van der Waals surface area contributed by atoms with E-state index in [2.05, 4.69) is 38.8 Å². The van der Waals surface area contributed by atoms with Crippen LogP contribution in [0.2, 0.25) is 0 Å². The van der Waals surface area contributed by atoms with E-state index in [1.54, 1.807) is 24.3 Å². The molecule has 1 amide bonds. The Morgan fingerprint density at radius 3 is 2.60 bits per heavy atom. The highest BCUT2D eigenvalue weighted by atomic mass is 32.2. The Balaban J connectivity index is 1.72. The van der Waals surface area contributed by atoms with Crippen molar-refractivity contribution in [3.63, 3.8) is 0 Å². The van der Waals surface area contributed by atoms with Crippen molar-refractivity contribution in [1.29, 1.82) is 0 Å². The van der Waals surface area contributed by atoms with Gasteiger partial charge in [-0.2, -0.15) is 0 Å². The molecule has 2 aromatic rings. The number of morpholine rings is 1. The average Bonchev–Trinajstić information content (AvgIpc) is 3.10. The van der Waals surface area contributed by atoms with Gasteiger partial charge in [0.1, 0.15) is 0 Å². The number of hydrogen-bond acceptors (Lipinski definition) is 7. The molecule has 1 fully saturated rings. The average molecular weight is 432 g/mol. The van der Waals surface area contributed by atoms with Crippen LogP contribution in [0.1, 0.15) is 38.1 Å². The van der Waals surface area contributed by atoms with Gasteiger partial charge < -0.3 is 15.0 Å². The first-order valence-electron chi connectivity index (χ1n) is 10.2. The molecule has 1 atom stereocenters. The molecule has 1 saturated heterocycles. The summed E-state index contributed by atoms with van der Waals surface area (Å²) in [6.07, 6.45) is 0. The van der Waals surface area contributed by atoms with Crippen molar-refractivity contribution in [3.8, 4) is 0 Å². The smallest absolute Gasteiger partial charge is 0.237 e. The van der Waals surface area contributed by atoms with E-state index in [4.69, 9.17) is 4.74 Å². The van der Waals surface area contributed by atoms with Crippen molar-refractivity contribution in [2.24, 2.45) is 5.92 Å². The van der Waals surface area contributed by atoms with E-state index in [1.165, 1.54) is 18.7 Å². The first-order chi connectivity index (χ1) is 14.3. The van der Waals surface area contributed by atoms with E-state index < -0.39 is 0 Å². The number of nitrogens with zero attached hydrogens (tertiary/aromatic N) is 4. The van der Waals surface area contributed by atoms with Crippen molar-refractivity contribution in [1.82, 2.24) is 14.8 Å². The normalized spacial score (nSPS) is 15.3. The molecule has 0 bridgehead atoms. The first kappa shape index (κ1) is 22.3. The number of carbonyl (C=O) groups is 2. The fourth-order valence-electron chi connectivity index (χ4n) is 3.16. The van der Waals surface area contributed by atoms with Crippen LogP contribution in [0.5, 0.6) is 0 Å². The van der Waals surface area contributed by atoms with Gasteiger partial charge in [-0.3, -0.25) is 14.2 Å². The molecule has 0 saturated carbocycles. The standard InChI is InChI=1S/C21H29N5O3S/c1-14(2)13-26-20(25-8-10-29-11-9-25)23-24-21(26)30-16(4)19(28)22-18-7-5-6-17(12-18)15(3)27/h5-7,12,14,16H,8-11,13H2,1-4H3,(H,22,28)/t16-/m0/s1. The lowest BCUT2D eigenvalue weighted by Crippen LogP contribution is -2.38. The molecule has 1 aliphatic rings. The number of carbonyl (C=O) groups excluding carboxylic acids is 2. The molecule has 30 heavy (non-hydrogen) atoms. The zero-order valence-corrected chi connectivity index (χ0v) is 18.7. The minimum Gasteiger partial charge on any atom is -0.378 e. The molecule has 9 heteroatoms. The number of anilines is 2. The minimum atomic E-state index is -0.376. The van der Waals surface area contributed by atoms with Crippen LogP contribution in [0.15, 0.2) is 29.4 Å². The van der Waals surface area contributed by atoms with Crippen molar-refractivity contribution in [2.45, 2.75) is 44.6 Å². The molecule has 1 aromatic carbocycles. The SMILES string of the molecule is CC(=O)c1cccc(NC(=O)[C@H](C)Sc2nnc(N3CCOCC3)n2CC(C)C)c1. The van der Waals surface area contributed by atoms with Gasteiger partial charge in [-0.25, -0.2) is 0 Å². The summed E-state index contributed by atoms with van der Waals surface area (Å²) in [5, 5.41) is 12.0. The molecule has 162 valence electrons. The lowest BCUT2D eigenvalue weighted by molar-refractivity contribution is -0.115. The number of aromatic nitrogens is 3. The van der Waals surface area contributed by atoms with Gasteiger partial charge in [-0.05, 0) is 31.9 Å². The summed E-state index contributed by atoms with van der Waals surface area (Å²) >= 11 is 1.39. The monoisotopic (exact) mass is 431 g/mol. The topological polar surface area (TPSA) is 89.3 Å². The molecule has 0 aliphatic carbocycles. The summed E-state index contributed by atoms with van der Waals surface area (Å²) in [5.41, 5.74) is 1.18. The van der Waals surface area contributed by atoms with Gasteiger partial charge in [0.05, 0.1) is 18.5 Å². The van der Waals surface area contributed by atoms with E-state index >= 15 is 0 Å². The molecule has 0 spiro atoms. The third kappa shape index (κ3) is 5.60. The summed E-state index contributed by atoms with van der Waals surface area (Å²) in [6, 6.07) is 6.96. The van der Waals surface area contributed by atoms with Crippen molar-refractivity contribution < 1.29 is 14.3 Å². The van der Waals surface area contributed by atoms with Crippen LogP contribution in [0.3, 0.4) is 0 Å². The molecule has 2 heterocycles. The Labute approximate surface area is 181 Å². The number of amides is 1. The number of ether oxygens (including phenoxy) is 1. The molecule has 1 N–H and O–H groups in total. The van der Waals surface area contributed by atoms with Crippen LogP contribution in [-0.4, -0.2) is 58.0 Å². The highest BCUT2D eigenvalue weighted by Gasteiger charge is 2.24. The lowest BCUT2D eigenvalue weighted by Gasteiger charge is -2.28. The number of rotatable bonds is 8. The minimum absolute atomic E-state index is 0.0362. The van der Waals surface area contributed by atoms with Crippen LogP contribution < -0.4 is 10.2 Å². The fraction of sp³-hybridized carbons (Fsp3) is 0.524. The zero-order chi connectivity index (χ0) is 21.7. The molecular formula is C21H29N5O3S. The number of hydrogen-bond donors (Lipinski definition) is 1. The van der Waals surface area contributed by atoms with Gasteiger partial charge in [0.15, 0.2) is 10.9 Å². The Bertz CT molecular complexity index is 893. The maximum absolute atomic E-state index is 12.7. The number of thioether (sulfide) groups is 1. The van der Waals surface area contributed by atoms with E-state index in [-0.39, 0.29) is 16.9 Å². The Morgan fingerprint density at radius 1 is 1.20 bits per heavy atom. The summed E-state index contributed by atoms with van der Waals surface area (Å²) in [5.74, 6) is 1.06. The second kappa shape index (κ2) is 10.1. The maximum atomic E-state index is 12.7. The van der Waals surface area contributed by atoms with Gasteiger partial charge >= 0.3 is 0 Å². The molecule has 0 radical (unpaired) electrons. The summed E-state index contributed by atoms with van der Waals surface area (Å²) in [4.78, 5) is 26.5. The molecule has 3 rings (SSSR count). The zero-order valence-electron chi connectivity index (χ0n) is 17.9. The van der Waals surface area contributed by atoms with E-state index in [0.717, 1.165) is 30.7 Å². The quantitative estimate of drug-likeness (QED) is 0.507. The summed E-state index contributed by atoms with van der Waals surface area (Å²) in [7, 11) is 0. The van der Waals surface area contributed by atoms with Gasteiger partial charge in [-0.15, -0.1) is 10.2 Å². The van der Waals surface area contributed by atoms with Gasteiger partial charge in [0.2, 0.25) is 11.9 Å². The highest BCUT2D eigenvalue weighted by molar-refractivity contribution is 8.00. The van der Waals surface area contributed by atoms with E-state index in [0.29, 0.717) is 30.4 Å².